The van der Waals surface area contributed by atoms with E-state index in [0.29, 0.717) is 0 Å². The predicted octanol–water partition coefficient (Wildman–Crippen LogP) is 0.488. The molecule has 0 saturated carbocycles. The van der Waals surface area contributed by atoms with Crippen LogP contribution in [0.25, 0.3) is 0 Å². The summed E-state index contributed by atoms with van der Waals surface area (Å²) in [5.41, 5.74) is 0. The van der Waals surface area contributed by atoms with E-state index in [4.69, 9.17) is 9.90 Å². The Bertz CT molecular complexity index is 363. The number of nitrogens with zero attached hydrogens (tertiary/aromatic N) is 3. The van der Waals surface area contributed by atoms with Gasteiger partial charge < -0.3 is 14.9 Å². The van der Waals surface area contributed by atoms with Gasteiger partial charge in [0.05, 0.1) is 0 Å². The number of likely N-dealkylation sites (tertiary alicyclic amines) is 1. The molecule has 2 heterocycles. The number of hydrogen-bond donors (Lipinski definition) is 1. The van der Waals surface area contributed by atoms with Crippen LogP contribution >= 0.6 is 0 Å². The number of carboxylic acids is 1. The molecule has 0 atom stereocenters. The van der Waals surface area contributed by atoms with Gasteiger partial charge in [0, 0.05) is 45.3 Å². The van der Waals surface area contributed by atoms with Crippen LogP contribution in [0.5, 0.6) is 0 Å². The number of piperidine rings is 1. The van der Waals surface area contributed by atoms with E-state index in [1.54, 1.807) is 0 Å². The van der Waals surface area contributed by atoms with Crippen LogP contribution < -0.4 is 0 Å². The van der Waals surface area contributed by atoms with Crippen molar-refractivity contribution >= 4 is 12.4 Å². The van der Waals surface area contributed by atoms with Crippen LogP contribution in [0.2, 0.25) is 0 Å². The Kier molecular flexibility index (Phi) is 7.08. The maximum atomic E-state index is 10.6. The van der Waals surface area contributed by atoms with Crippen LogP contribution in [0.3, 0.4) is 0 Å². The Labute approximate surface area is 127 Å². The lowest BCUT2D eigenvalue weighted by molar-refractivity contribution is -0.192. The van der Waals surface area contributed by atoms with Gasteiger partial charge in [-0.3, -0.25) is 9.69 Å². The minimum absolute atomic E-state index is 0.717. The van der Waals surface area contributed by atoms with Gasteiger partial charge >= 0.3 is 12.1 Å². The highest BCUT2D eigenvalue weighted by atomic mass is 19.4. The summed E-state index contributed by atoms with van der Waals surface area (Å²) in [6.07, 6.45) is -1.79. The van der Waals surface area contributed by atoms with Crippen molar-refractivity contribution in [3.8, 4) is 0 Å². The van der Waals surface area contributed by atoms with Gasteiger partial charge in [-0.05, 0) is 19.9 Å². The number of carboxylic acid groups (broad SMARTS) is 1. The largest absolute Gasteiger partial charge is 0.490 e. The summed E-state index contributed by atoms with van der Waals surface area (Å²) in [4.78, 5) is 26.4. The molecule has 1 amide bonds. The van der Waals surface area contributed by atoms with Crippen LogP contribution in [0, 0.1) is 0 Å². The number of alkyl halides is 3. The first-order valence-electron chi connectivity index (χ1n) is 7.16. The summed E-state index contributed by atoms with van der Waals surface area (Å²) < 4.78 is 31.7. The normalized spacial score (nSPS) is 21.9. The molecule has 0 spiro atoms. The average Bonchev–Trinajstić information content (AvgIpc) is 2.48. The number of halogens is 3. The third-order valence-corrected chi connectivity index (χ3v) is 3.94. The first-order valence-corrected chi connectivity index (χ1v) is 7.16. The number of amides is 1. The molecule has 0 radical (unpaired) electrons. The number of carbonyl (C=O) groups is 2. The molecule has 9 heteroatoms. The van der Waals surface area contributed by atoms with Crippen molar-refractivity contribution in [1.82, 2.24) is 14.7 Å². The fraction of sp³-hybridized carbons (Fsp3) is 0.846. The summed E-state index contributed by atoms with van der Waals surface area (Å²) in [5.74, 6) is -2.76. The number of likely N-dealkylation sites (N-methyl/N-ethyl adjacent to an activating group) is 1. The summed E-state index contributed by atoms with van der Waals surface area (Å²) in [5, 5.41) is 7.12. The second kappa shape index (κ2) is 8.33. The molecule has 2 aliphatic heterocycles. The molecule has 2 saturated heterocycles. The molecule has 0 aliphatic carbocycles. The number of piperazine rings is 1. The van der Waals surface area contributed by atoms with Crippen molar-refractivity contribution in [2.75, 3.05) is 46.3 Å². The monoisotopic (exact) mass is 325 g/mol. The zero-order chi connectivity index (χ0) is 16.8. The Balaban J connectivity index is 0.000000295. The Morgan fingerprint density at radius 1 is 1.09 bits per heavy atom. The van der Waals surface area contributed by atoms with Crippen molar-refractivity contribution in [3.63, 3.8) is 0 Å². The van der Waals surface area contributed by atoms with E-state index in [1.165, 1.54) is 26.2 Å². The molecular weight excluding hydrogens is 303 g/mol. The summed E-state index contributed by atoms with van der Waals surface area (Å²) in [7, 11) is 2.19. The first kappa shape index (κ1) is 18.7. The van der Waals surface area contributed by atoms with E-state index in [-0.39, 0.29) is 0 Å². The van der Waals surface area contributed by atoms with Gasteiger partial charge in [0.1, 0.15) is 0 Å². The zero-order valence-corrected chi connectivity index (χ0v) is 12.6. The van der Waals surface area contributed by atoms with Gasteiger partial charge in [-0.2, -0.15) is 13.2 Å². The molecule has 0 aromatic heterocycles. The molecule has 22 heavy (non-hydrogen) atoms. The van der Waals surface area contributed by atoms with Crippen LogP contribution in [0.15, 0.2) is 0 Å². The third kappa shape index (κ3) is 6.18. The highest BCUT2D eigenvalue weighted by molar-refractivity contribution is 5.73. The minimum Gasteiger partial charge on any atom is -0.475 e. The van der Waals surface area contributed by atoms with Crippen LogP contribution in [0.1, 0.15) is 12.8 Å². The summed E-state index contributed by atoms with van der Waals surface area (Å²) in [6, 6.07) is 0.717. The smallest absolute Gasteiger partial charge is 0.475 e. The molecule has 2 fully saturated rings. The molecule has 128 valence electrons. The lowest BCUT2D eigenvalue weighted by atomic mass is 10.0. The maximum absolute atomic E-state index is 10.6. The Hall–Kier alpha value is -1.35. The molecule has 0 bridgehead atoms. The van der Waals surface area contributed by atoms with Crippen molar-refractivity contribution in [2.24, 2.45) is 0 Å². The van der Waals surface area contributed by atoms with Crippen molar-refractivity contribution in [1.29, 1.82) is 0 Å². The van der Waals surface area contributed by atoms with Gasteiger partial charge in [-0.1, -0.05) is 0 Å². The molecule has 1 N–H and O–H groups in total. The van der Waals surface area contributed by atoms with E-state index in [0.717, 1.165) is 38.4 Å². The van der Waals surface area contributed by atoms with Crippen molar-refractivity contribution in [3.05, 3.63) is 0 Å². The molecule has 6 nitrogen and oxygen atoms in total. The van der Waals surface area contributed by atoms with Gasteiger partial charge in [0.15, 0.2) is 0 Å². The highest BCUT2D eigenvalue weighted by Crippen LogP contribution is 2.17. The topological polar surface area (TPSA) is 64.1 Å². The van der Waals surface area contributed by atoms with E-state index >= 15 is 0 Å². The van der Waals surface area contributed by atoms with E-state index in [2.05, 4.69) is 16.8 Å². The number of carbonyl (C=O) groups excluding carboxylic acids is 1. The van der Waals surface area contributed by atoms with Gasteiger partial charge in [0.25, 0.3) is 0 Å². The second-order valence-corrected chi connectivity index (χ2v) is 5.51. The summed E-state index contributed by atoms with van der Waals surface area (Å²) in [6.45, 7) is 6.66. The zero-order valence-electron chi connectivity index (χ0n) is 12.6. The van der Waals surface area contributed by atoms with Gasteiger partial charge in [-0.25, -0.2) is 4.79 Å². The quantitative estimate of drug-likeness (QED) is 0.749. The average molecular weight is 325 g/mol. The lowest BCUT2D eigenvalue weighted by Gasteiger charge is -2.41. The van der Waals surface area contributed by atoms with Crippen LogP contribution in [-0.4, -0.2) is 90.7 Å². The van der Waals surface area contributed by atoms with E-state index in [9.17, 15) is 18.0 Å². The molecular formula is C13H22F3N3O3. The Morgan fingerprint density at radius 3 is 1.91 bits per heavy atom. The number of rotatable bonds is 2. The summed E-state index contributed by atoms with van der Waals surface area (Å²) >= 11 is 0. The van der Waals surface area contributed by atoms with Gasteiger partial charge in [0.2, 0.25) is 6.41 Å². The van der Waals surface area contributed by atoms with E-state index < -0.39 is 12.1 Å². The van der Waals surface area contributed by atoms with Crippen LogP contribution in [0.4, 0.5) is 13.2 Å². The van der Waals surface area contributed by atoms with E-state index in [1.807, 2.05) is 4.90 Å². The SMILES string of the molecule is CN1CCN(C2CCN(C=O)CC2)CC1.O=C(O)C(F)(F)F. The van der Waals surface area contributed by atoms with Crippen LogP contribution in [-0.2, 0) is 9.59 Å². The maximum Gasteiger partial charge on any atom is 0.490 e. The van der Waals surface area contributed by atoms with Crippen molar-refractivity contribution in [2.45, 2.75) is 25.1 Å². The number of hydrogen-bond acceptors (Lipinski definition) is 4. The molecule has 0 aromatic carbocycles. The standard InChI is InChI=1S/C11H21N3O.C2HF3O2/c1-12-6-8-14(9-7-12)11-2-4-13(10-15)5-3-11;3-2(4,5)1(6)7/h10-11H,2-9H2,1H3;(H,6,7). The Morgan fingerprint density at radius 2 is 1.55 bits per heavy atom. The number of aliphatic carboxylic acids is 1. The second-order valence-electron chi connectivity index (χ2n) is 5.51. The third-order valence-electron chi connectivity index (χ3n) is 3.94. The fourth-order valence-electron chi connectivity index (χ4n) is 2.54. The molecule has 0 aromatic rings. The lowest BCUT2D eigenvalue weighted by Crippen LogP contribution is -2.52. The molecule has 2 aliphatic rings. The van der Waals surface area contributed by atoms with Crippen molar-refractivity contribution < 1.29 is 27.9 Å². The van der Waals surface area contributed by atoms with Gasteiger partial charge in [-0.15, -0.1) is 0 Å². The minimum atomic E-state index is -5.08. The highest BCUT2D eigenvalue weighted by Gasteiger charge is 2.38. The first-order chi connectivity index (χ1) is 10.2. The molecule has 2 rings (SSSR count). The predicted molar refractivity (Wildman–Crippen MR) is 73.4 cm³/mol. The fourth-order valence-corrected chi connectivity index (χ4v) is 2.54. The molecule has 0 unspecified atom stereocenters.